The number of hydroxylamine groups is 1. The Kier molecular flexibility index (Phi) is 4.94. The van der Waals surface area contributed by atoms with Crippen molar-refractivity contribution in [2.24, 2.45) is 5.92 Å². The van der Waals surface area contributed by atoms with Crippen LogP contribution in [0.4, 0.5) is 0 Å². The molecule has 1 unspecified atom stereocenters. The lowest BCUT2D eigenvalue weighted by Crippen LogP contribution is -2.27. The third kappa shape index (κ3) is 2.82. The molecule has 0 aromatic rings. The molecule has 0 aromatic heterocycles. The van der Waals surface area contributed by atoms with Crippen LogP contribution in [0.25, 0.3) is 0 Å². The van der Waals surface area contributed by atoms with Crippen LogP contribution in [0, 0.1) is 5.92 Å². The minimum atomic E-state index is -0.260. The summed E-state index contributed by atoms with van der Waals surface area (Å²) in [4.78, 5) is 10.8. The zero-order valence-electron chi connectivity index (χ0n) is 6.55. The first-order valence-corrected chi connectivity index (χ1v) is 3.70. The van der Waals surface area contributed by atoms with Crippen LogP contribution in [0.5, 0.6) is 0 Å². The minimum absolute atomic E-state index is 0.0185. The SMILES string of the molecule is CCCC(CC)C(=O)NO. The molecule has 3 heteroatoms. The molecule has 10 heavy (non-hydrogen) atoms. The largest absolute Gasteiger partial charge is 0.289 e. The Morgan fingerprint density at radius 3 is 2.50 bits per heavy atom. The van der Waals surface area contributed by atoms with Gasteiger partial charge in [0.1, 0.15) is 0 Å². The normalized spacial score (nSPS) is 12.7. The van der Waals surface area contributed by atoms with Gasteiger partial charge in [0.25, 0.3) is 0 Å². The van der Waals surface area contributed by atoms with Crippen molar-refractivity contribution < 1.29 is 10.0 Å². The first-order chi connectivity index (χ1) is 4.76. The number of rotatable bonds is 4. The van der Waals surface area contributed by atoms with Gasteiger partial charge >= 0.3 is 0 Å². The summed E-state index contributed by atoms with van der Waals surface area (Å²) in [6, 6.07) is 0. The van der Waals surface area contributed by atoms with E-state index < -0.39 is 0 Å². The van der Waals surface area contributed by atoms with E-state index in [4.69, 9.17) is 5.21 Å². The fraction of sp³-hybridized carbons (Fsp3) is 0.857. The van der Waals surface area contributed by atoms with Crippen molar-refractivity contribution in [3.63, 3.8) is 0 Å². The molecule has 0 aromatic carbocycles. The molecule has 0 bridgehead atoms. The molecule has 0 spiro atoms. The molecule has 0 aliphatic heterocycles. The number of hydrogen-bond acceptors (Lipinski definition) is 2. The first kappa shape index (κ1) is 9.43. The zero-order chi connectivity index (χ0) is 7.98. The lowest BCUT2D eigenvalue weighted by Gasteiger charge is -2.09. The van der Waals surface area contributed by atoms with E-state index in [1.165, 1.54) is 0 Å². The Hall–Kier alpha value is -0.570. The van der Waals surface area contributed by atoms with Crippen LogP contribution >= 0.6 is 0 Å². The number of nitrogens with one attached hydrogen (secondary N) is 1. The highest BCUT2D eigenvalue weighted by Crippen LogP contribution is 2.09. The maximum absolute atomic E-state index is 10.8. The van der Waals surface area contributed by atoms with E-state index in [1.807, 2.05) is 13.8 Å². The van der Waals surface area contributed by atoms with Crippen LogP contribution in [-0.2, 0) is 4.79 Å². The molecule has 0 saturated carbocycles. The van der Waals surface area contributed by atoms with Gasteiger partial charge in [0.2, 0.25) is 5.91 Å². The second-order valence-electron chi connectivity index (χ2n) is 2.37. The summed E-state index contributed by atoms with van der Waals surface area (Å²) in [7, 11) is 0. The summed E-state index contributed by atoms with van der Waals surface area (Å²) in [5, 5.41) is 8.26. The lowest BCUT2D eigenvalue weighted by atomic mass is 10.0. The average molecular weight is 145 g/mol. The van der Waals surface area contributed by atoms with Crippen LogP contribution in [0.2, 0.25) is 0 Å². The number of carbonyl (C=O) groups excluding carboxylic acids is 1. The highest BCUT2D eigenvalue weighted by atomic mass is 16.5. The van der Waals surface area contributed by atoms with Crippen molar-refractivity contribution in [3.05, 3.63) is 0 Å². The quantitative estimate of drug-likeness (QED) is 0.463. The minimum Gasteiger partial charge on any atom is -0.289 e. The standard InChI is InChI=1S/C7H15NO2/c1-3-5-6(4-2)7(9)8-10/h6,10H,3-5H2,1-2H3,(H,8,9). The molecule has 0 saturated heterocycles. The average Bonchev–Trinajstić information content (AvgIpc) is 1.99. The number of carbonyl (C=O) groups is 1. The second-order valence-corrected chi connectivity index (χ2v) is 2.37. The van der Waals surface area contributed by atoms with Crippen molar-refractivity contribution >= 4 is 5.91 Å². The molecule has 1 amide bonds. The molecule has 1 atom stereocenters. The highest BCUT2D eigenvalue weighted by molar-refractivity contribution is 5.77. The fourth-order valence-electron chi connectivity index (χ4n) is 0.960. The van der Waals surface area contributed by atoms with Crippen LogP contribution < -0.4 is 5.48 Å². The van der Waals surface area contributed by atoms with E-state index in [0.717, 1.165) is 19.3 Å². The van der Waals surface area contributed by atoms with Crippen LogP contribution in [-0.4, -0.2) is 11.1 Å². The van der Waals surface area contributed by atoms with Gasteiger partial charge in [-0.25, -0.2) is 5.48 Å². The van der Waals surface area contributed by atoms with Crippen molar-refractivity contribution in [3.8, 4) is 0 Å². The molecular weight excluding hydrogens is 130 g/mol. The van der Waals surface area contributed by atoms with Gasteiger partial charge in [0, 0.05) is 5.92 Å². The topological polar surface area (TPSA) is 49.3 Å². The molecule has 0 heterocycles. The van der Waals surface area contributed by atoms with Crippen molar-refractivity contribution in [1.29, 1.82) is 0 Å². The third-order valence-corrected chi connectivity index (χ3v) is 1.61. The summed E-state index contributed by atoms with van der Waals surface area (Å²) in [6.07, 6.45) is 2.62. The molecule has 0 rings (SSSR count). The van der Waals surface area contributed by atoms with Crippen molar-refractivity contribution in [2.75, 3.05) is 0 Å². The third-order valence-electron chi connectivity index (χ3n) is 1.61. The molecule has 0 fully saturated rings. The predicted octanol–water partition coefficient (Wildman–Crippen LogP) is 1.32. The van der Waals surface area contributed by atoms with Gasteiger partial charge in [-0.1, -0.05) is 20.3 Å². The summed E-state index contributed by atoms with van der Waals surface area (Å²) in [5.41, 5.74) is 1.66. The van der Waals surface area contributed by atoms with Gasteiger partial charge in [0.05, 0.1) is 0 Å². The Morgan fingerprint density at radius 1 is 1.60 bits per heavy atom. The van der Waals surface area contributed by atoms with Crippen LogP contribution in [0.15, 0.2) is 0 Å². The monoisotopic (exact) mass is 145 g/mol. The van der Waals surface area contributed by atoms with E-state index >= 15 is 0 Å². The van der Waals surface area contributed by atoms with Gasteiger partial charge in [-0.3, -0.25) is 10.0 Å². The van der Waals surface area contributed by atoms with Crippen LogP contribution in [0.3, 0.4) is 0 Å². The molecule has 60 valence electrons. The Morgan fingerprint density at radius 2 is 2.20 bits per heavy atom. The van der Waals surface area contributed by atoms with Crippen molar-refractivity contribution in [2.45, 2.75) is 33.1 Å². The van der Waals surface area contributed by atoms with Gasteiger partial charge < -0.3 is 0 Å². The summed E-state index contributed by atoms with van der Waals surface area (Å²) in [6.45, 7) is 3.96. The maximum atomic E-state index is 10.8. The Balaban J connectivity index is 3.68. The molecule has 2 N–H and O–H groups in total. The molecule has 3 nitrogen and oxygen atoms in total. The van der Waals surface area contributed by atoms with Crippen LogP contribution in [0.1, 0.15) is 33.1 Å². The number of amides is 1. The predicted molar refractivity (Wildman–Crippen MR) is 38.6 cm³/mol. The zero-order valence-corrected chi connectivity index (χ0v) is 6.55. The lowest BCUT2D eigenvalue weighted by molar-refractivity contribution is -0.133. The van der Waals surface area contributed by atoms with E-state index in [9.17, 15) is 4.79 Å². The highest BCUT2D eigenvalue weighted by Gasteiger charge is 2.13. The van der Waals surface area contributed by atoms with E-state index in [2.05, 4.69) is 0 Å². The summed E-state index contributed by atoms with van der Waals surface area (Å²) >= 11 is 0. The Bertz CT molecular complexity index is 104. The van der Waals surface area contributed by atoms with E-state index in [0.29, 0.717) is 0 Å². The number of hydrogen-bond donors (Lipinski definition) is 2. The first-order valence-electron chi connectivity index (χ1n) is 3.70. The molecule has 0 radical (unpaired) electrons. The Labute approximate surface area is 61.4 Å². The van der Waals surface area contributed by atoms with Gasteiger partial charge in [0.15, 0.2) is 0 Å². The molecule has 0 aliphatic rings. The molecule has 0 aliphatic carbocycles. The maximum Gasteiger partial charge on any atom is 0.246 e. The van der Waals surface area contributed by atoms with E-state index in [-0.39, 0.29) is 11.8 Å². The fourth-order valence-corrected chi connectivity index (χ4v) is 0.960. The van der Waals surface area contributed by atoms with Gasteiger partial charge in [-0.05, 0) is 12.8 Å². The summed E-state index contributed by atoms with van der Waals surface area (Å²) in [5.74, 6) is -0.278. The van der Waals surface area contributed by atoms with Gasteiger partial charge in [-0.15, -0.1) is 0 Å². The van der Waals surface area contributed by atoms with Gasteiger partial charge in [-0.2, -0.15) is 0 Å². The smallest absolute Gasteiger partial charge is 0.246 e. The second kappa shape index (κ2) is 5.23. The molecular formula is C7H15NO2. The van der Waals surface area contributed by atoms with Crippen molar-refractivity contribution in [1.82, 2.24) is 5.48 Å². The summed E-state index contributed by atoms with van der Waals surface area (Å²) < 4.78 is 0. The van der Waals surface area contributed by atoms with E-state index in [1.54, 1.807) is 5.48 Å².